The van der Waals surface area contributed by atoms with Crippen molar-refractivity contribution in [2.24, 2.45) is 0 Å². The minimum Gasteiger partial charge on any atom is -0.750 e. The molecular formula is C19H39NaO4S. The fourth-order valence-electron chi connectivity index (χ4n) is 2.92. The van der Waals surface area contributed by atoms with E-state index < -0.39 is 11.4 Å². The van der Waals surface area contributed by atoms with Crippen LogP contribution in [0.3, 0.4) is 0 Å². The zero-order valence-electron chi connectivity index (χ0n) is 17.1. The molecule has 0 saturated heterocycles. The van der Waals surface area contributed by atoms with Crippen LogP contribution in [0.15, 0.2) is 0 Å². The van der Waals surface area contributed by atoms with Gasteiger partial charge in [0.2, 0.25) is 0 Å². The van der Waals surface area contributed by atoms with Gasteiger partial charge >= 0.3 is 29.6 Å². The Balaban J connectivity index is 0. The van der Waals surface area contributed by atoms with Crippen molar-refractivity contribution >= 4 is 11.4 Å². The van der Waals surface area contributed by atoms with Gasteiger partial charge in [0.25, 0.3) is 0 Å². The Morgan fingerprint density at radius 2 is 1.28 bits per heavy atom. The van der Waals surface area contributed by atoms with Crippen molar-refractivity contribution in [3.05, 3.63) is 0 Å². The minimum atomic E-state index is -2.45. The van der Waals surface area contributed by atoms with E-state index in [1.165, 1.54) is 70.6 Å². The molecule has 0 aromatic carbocycles. The van der Waals surface area contributed by atoms with Gasteiger partial charge in [0, 0.05) is 0 Å². The second kappa shape index (κ2) is 21.3. The van der Waals surface area contributed by atoms with E-state index in [0.29, 0.717) is 0 Å². The first-order valence-electron chi connectivity index (χ1n) is 9.94. The van der Waals surface area contributed by atoms with Gasteiger partial charge in [-0.3, -0.25) is 4.18 Å². The first-order valence-corrected chi connectivity index (χ1v) is 10.9. The van der Waals surface area contributed by atoms with Gasteiger partial charge in [-0.25, -0.2) is 4.21 Å². The fraction of sp³-hybridized carbons (Fsp3) is 1.00. The average Bonchev–Trinajstić information content (AvgIpc) is 2.52. The molecule has 0 N–H and O–H groups in total. The summed E-state index contributed by atoms with van der Waals surface area (Å²) in [6, 6.07) is 0. The second-order valence-electron chi connectivity index (χ2n) is 6.97. The van der Waals surface area contributed by atoms with Crippen LogP contribution in [0, 0.1) is 0 Å². The maximum absolute atomic E-state index is 10.5. The Bertz CT molecular complexity index is 291. The molecule has 25 heavy (non-hydrogen) atoms. The van der Waals surface area contributed by atoms with Gasteiger partial charge in [-0.1, -0.05) is 84.0 Å². The Labute approximate surface area is 181 Å². The zero-order chi connectivity index (χ0) is 18.0. The van der Waals surface area contributed by atoms with Crippen molar-refractivity contribution in [3.63, 3.8) is 0 Å². The van der Waals surface area contributed by atoms with E-state index in [2.05, 4.69) is 11.1 Å². The monoisotopic (exact) mass is 386 g/mol. The van der Waals surface area contributed by atoms with Crippen LogP contribution in [0.2, 0.25) is 0 Å². The molecule has 0 radical (unpaired) electrons. The molecule has 0 amide bonds. The molecule has 0 rings (SSSR count). The van der Waals surface area contributed by atoms with Crippen molar-refractivity contribution in [1.29, 1.82) is 0 Å². The van der Waals surface area contributed by atoms with E-state index in [9.17, 15) is 8.76 Å². The van der Waals surface area contributed by atoms with Crippen LogP contribution in [0.5, 0.6) is 0 Å². The summed E-state index contributed by atoms with van der Waals surface area (Å²) >= 11 is -2.45. The summed E-state index contributed by atoms with van der Waals surface area (Å²) in [5.41, 5.74) is 0. The SMILES string of the molecule is CCCCCCCCCCCCCCC(COS(=O)[O-])OC(C)C.[Na+]. The summed E-state index contributed by atoms with van der Waals surface area (Å²) in [6.45, 7) is 6.31. The predicted octanol–water partition coefficient (Wildman–Crippen LogP) is 2.69. The van der Waals surface area contributed by atoms with E-state index in [4.69, 9.17) is 4.74 Å². The summed E-state index contributed by atoms with van der Waals surface area (Å²) < 4.78 is 31.3. The number of ether oxygens (including phenoxy) is 1. The summed E-state index contributed by atoms with van der Waals surface area (Å²) in [4.78, 5) is 0. The van der Waals surface area contributed by atoms with Crippen molar-refractivity contribution in [1.82, 2.24) is 0 Å². The third kappa shape index (κ3) is 23.0. The molecule has 0 aliphatic heterocycles. The van der Waals surface area contributed by atoms with Crippen LogP contribution >= 0.6 is 0 Å². The molecule has 0 aliphatic rings. The van der Waals surface area contributed by atoms with Crippen LogP contribution in [0.25, 0.3) is 0 Å². The fourth-order valence-corrected chi connectivity index (χ4v) is 3.18. The molecular weight excluding hydrogens is 347 g/mol. The van der Waals surface area contributed by atoms with Crippen molar-refractivity contribution < 1.29 is 47.2 Å². The molecule has 0 aromatic rings. The maximum Gasteiger partial charge on any atom is 1.00 e. The van der Waals surface area contributed by atoms with Gasteiger partial charge in [0.05, 0.1) is 30.2 Å². The third-order valence-electron chi connectivity index (χ3n) is 4.19. The molecule has 0 fully saturated rings. The van der Waals surface area contributed by atoms with Gasteiger partial charge in [0.1, 0.15) is 0 Å². The standard InChI is InChI=1S/C19H40O4S.Na/c1-4-5-6-7-8-9-10-11-12-13-14-15-16-19(23-18(2)3)17-22-24(20)21;/h18-19H,4-17H2,1-3H3,(H,20,21);/q;+1/p-1. The molecule has 0 aromatic heterocycles. The zero-order valence-corrected chi connectivity index (χ0v) is 19.9. The predicted molar refractivity (Wildman–Crippen MR) is 101 cm³/mol. The van der Waals surface area contributed by atoms with Gasteiger partial charge < -0.3 is 9.29 Å². The Morgan fingerprint density at radius 3 is 1.68 bits per heavy atom. The van der Waals surface area contributed by atoms with Gasteiger partial charge in [0.15, 0.2) is 0 Å². The van der Waals surface area contributed by atoms with Crippen LogP contribution in [0.4, 0.5) is 0 Å². The summed E-state index contributed by atoms with van der Waals surface area (Å²) in [7, 11) is 0. The number of unbranched alkanes of at least 4 members (excludes halogenated alkanes) is 11. The number of hydrogen-bond acceptors (Lipinski definition) is 4. The first-order chi connectivity index (χ1) is 11.6. The Morgan fingerprint density at radius 1 is 0.840 bits per heavy atom. The molecule has 0 saturated carbocycles. The van der Waals surface area contributed by atoms with E-state index in [-0.39, 0.29) is 48.4 Å². The quantitative estimate of drug-likeness (QED) is 0.206. The molecule has 146 valence electrons. The normalized spacial score (nSPS) is 13.6. The molecule has 0 bridgehead atoms. The van der Waals surface area contributed by atoms with Gasteiger partial charge in [-0.15, -0.1) is 0 Å². The van der Waals surface area contributed by atoms with Crippen molar-refractivity contribution in [2.75, 3.05) is 6.61 Å². The van der Waals surface area contributed by atoms with Crippen molar-refractivity contribution in [2.45, 2.75) is 116 Å². The molecule has 6 heteroatoms. The number of rotatable bonds is 18. The van der Waals surface area contributed by atoms with E-state index >= 15 is 0 Å². The van der Waals surface area contributed by atoms with E-state index in [1.807, 2.05) is 13.8 Å². The average molecular weight is 387 g/mol. The summed E-state index contributed by atoms with van der Waals surface area (Å²) in [6.07, 6.45) is 16.7. The van der Waals surface area contributed by atoms with E-state index in [0.717, 1.165) is 12.8 Å². The third-order valence-corrected chi connectivity index (χ3v) is 4.52. The first kappa shape index (κ1) is 28.2. The van der Waals surface area contributed by atoms with Crippen LogP contribution in [-0.4, -0.2) is 27.6 Å². The van der Waals surface area contributed by atoms with Gasteiger partial charge in [-0.05, 0) is 20.3 Å². The van der Waals surface area contributed by atoms with E-state index in [1.54, 1.807) is 0 Å². The second-order valence-corrected chi connectivity index (χ2v) is 7.62. The van der Waals surface area contributed by atoms with Crippen LogP contribution in [-0.2, 0) is 20.3 Å². The Kier molecular flexibility index (Phi) is 24.1. The molecule has 2 atom stereocenters. The summed E-state index contributed by atoms with van der Waals surface area (Å²) in [5.74, 6) is 0. The summed E-state index contributed by atoms with van der Waals surface area (Å²) in [5, 5.41) is 0. The van der Waals surface area contributed by atoms with Crippen LogP contribution in [0.1, 0.15) is 104 Å². The molecule has 4 nitrogen and oxygen atoms in total. The van der Waals surface area contributed by atoms with Crippen molar-refractivity contribution in [3.8, 4) is 0 Å². The molecule has 0 heterocycles. The van der Waals surface area contributed by atoms with Gasteiger partial charge in [-0.2, -0.15) is 0 Å². The topological polar surface area (TPSA) is 58.6 Å². The Hall–Kier alpha value is 1.03. The molecule has 2 unspecified atom stereocenters. The largest absolute Gasteiger partial charge is 1.00 e. The molecule has 0 aliphatic carbocycles. The van der Waals surface area contributed by atoms with Crippen LogP contribution < -0.4 is 29.6 Å². The smallest absolute Gasteiger partial charge is 0.750 e. The number of hydrogen-bond donors (Lipinski definition) is 0. The molecule has 0 spiro atoms. The maximum atomic E-state index is 10.5. The minimum absolute atomic E-state index is 0.